The van der Waals surface area contributed by atoms with Gasteiger partial charge in [-0.2, -0.15) is 9.57 Å². The fourth-order valence-electron chi connectivity index (χ4n) is 1.92. The predicted molar refractivity (Wildman–Crippen MR) is 64.9 cm³/mol. The third kappa shape index (κ3) is 3.21. The van der Waals surface area contributed by atoms with E-state index in [1.54, 1.807) is 13.0 Å². The molecule has 2 atom stereocenters. The highest BCUT2D eigenvalue weighted by molar-refractivity contribution is 7.89. The number of hydrogen-bond acceptors (Lipinski definition) is 5. The first-order valence-electron chi connectivity index (χ1n) is 5.98. The highest BCUT2D eigenvalue weighted by Crippen LogP contribution is 2.22. The highest BCUT2D eigenvalue weighted by atomic mass is 32.2. The van der Waals surface area contributed by atoms with Crippen molar-refractivity contribution >= 4 is 16.0 Å². The number of esters is 1. The van der Waals surface area contributed by atoms with Gasteiger partial charge in [0.15, 0.2) is 5.25 Å². The molecule has 0 spiro atoms. The summed E-state index contributed by atoms with van der Waals surface area (Å²) in [6.07, 6.45) is 1.24. The molecular weight excluding hydrogens is 256 g/mol. The number of sulfonamides is 1. The number of nitrogens with zero attached hydrogens (tertiary/aromatic N) is 2. The van der Waals surface area contributed by atoms with Crippen LogP contribution in [0.15, 0.2) is 0 Å². The molecule has 0 N–H and O–H groups in total. The first kappa shape index (κ1) is 14.9. The van der Waals surface area contributed by atoms with Gasteiger partial charge in [0.25, 0.3) is 0 Å². The Morgan fingerprint density at radius 2 is 2.28 bits per heavy atom. The Bertz CT molecular complexity index is 440. The Labute approximate surface area is 108 Å². The van der Waals surface area contributed by atoms with E-state index in [4.69, 9.17) is 10.00 Å². The first-order valence-corrected chi connectivity index (χ1v) is 7.49. The lowest BCUT2D eigenvalue weighted by Crippen LogP contribution is -2.45. The van der Waals surface area contributed by atoms with E-state index < -0.39 is 21.2 Å². The van der Waals surface area contributed by atoms with Gasteiger partial charge in [0.1, 0.15) is 0 Å². The van der Waals surface area contributed by atoms with Crippen molar-refractivity contribution in [3.05, 3.63) is 0 Å². The van der Waals surface area contributed by atoms with E-state index in [2.05, 4.69) is 0 Å². The van der Waals surface area contributed by atoms with E-state index in [1.165, 1.54) is 11.2 Å². The molecule has 1 rings (SSSR count). The molecule has 0 radical (unpaired) electrons. The van der Waals surface area contributed by atoms with Crippen LogP contribution in [-0.4, -0.2) is 43.6 Å². The summed E-state index contributed by atoms with van der Waals surface area (Å²) in [5.74, 6) is -0.777. The van der Waals surface area contributed by atoms with Crippen LogP contribution in [0.4, 0.5) is 0 Å². The quantitative estimate of drug-likeness (QED) is 0.697. The molecule has 0 saturated carbocycles. The molecule has 102 valence electrons. The summed E-state index contributed by atoms with van der Waals surface area (Å²) in [5, 5.41) is 7.63. The van der Waals surface area contributed by atoms with E-state index in [0.29, 0.717) is 19.4 Å². The smallest absolute Gasteiger partial charge is 0.310 e. The number of carbonyl (C=O) groups is 1. The van der Waals surface area contributed by atoms with Gasteiger partial charge in [0, 0.05) is 13.1 Å². The third-order valence-corrected chi connectivity index (χ3v) is 5.04. The minimum atomic E-state index is -3.63. The van der Waals surface area contributed by atoms with Crippen LogP contribution in [0.3, 0.4) is 0 Å². The standard InChI is InChI=1S/C11H18N2O4S/c1-3-17-11(14)10-5-4-6-13(8-10)18(15,16)9(2)7-12/h9-10H,3-6,8H2,1-2H3/t9?,10-/m1/s1. The molecule has 18 heavy (non-hydrogen) atoms. The summed E-state index contributed by atoms with van der Waals surface area (Å²) in [5.41, 5.74) is 0. The molecule has 1 fully saturated rings. The molecule has 0 aromatic carbocycles. The van der Waals surface area contributed by atoms with Gasteiger partial charge in [-0.3, -0.25) is 4.79 Å². The molecule has 0 aliphatic carbocycles. The normalized spacial score (nSPS) is 23.1. The molecular formula is C11H18N2O4S. The molecule has 0 bridgehead atoms. The zero-order chi connectivity index (χ0) is 13.8. The van der Waals surface area contributed by atoms with Gasteiger partial charge in [-0.1, -0.05) is 0 Å². The van der Waals surface area contributed by atoms with Crippen molar-refractivity contribution in [1.29, 1.82) is 5.26 Å². The Morgan fingerprint density at radius 3 is 2.83 bits per heavy atom. The van der Waals surface area contributed by atoms with Gasteiger partial charge >= 0.3 is 5.97 Å². The van der Waals surface area contributed by atoms with Crippen LogP contribution in [0.25, 0.3) is 0 Å². The van der Waals surface area contributed by atoms with Gasteiger partial charge in [0.05, 0.1) is 18.6 Å². The summed E-state index contributed by atoms with van der Waals surface area (Å²) in [6.45, 7) is 3.84. The Hall–Kier alpha value is -1.13. The van der Waals surface area contributed by atoms with Crippen LogP contribution < -0.4 is 0 Å². The summed E-state index contributed by atoms with van der Waals surface area (Å²) in [7, 11) is -3.63. The zero-order valence-electron chi connectivity index (χ0n) is 10.6. The van der Waals surface area contributed by atoms with Crippen molar-refractivity contribution in [3.8, 4) is 6.07 Å². The number of carbonyl (C=O) groups excluding carboxylic acids is 1. The molecule has 1 aliphatic heterocycles. The molecule has 1 saturated heterocycles. The summed E-state index contributed by atoms with van der Waals surface area (Å²) in [6, 6.07) is 1.73. The van der Waals surface area contributed by atoms with E-state index in [-0.39, 0.29) is 19.1 Å². The van der Waals surface area contributed by atoms with Crippen LogP contribution in [0.2, 0.25) is 0 Å². The zero-order valence-corrected chi connectivity index (χ0v) is 11.4. The number of hydrogen-bond donors (Lipinski definition) is 0. The molecule has 1 aliphatic rings. The van der Waals surface area contributed by atoms with Crippen molar-refractivity contribution in [1.82, 2.24) is 4.31 Å². The van der Waals surface area contributed by atoms with Gasteiger partial charge in [-0.25, -0.2) is 8.42 Å². The fraction of sp³-hybridized carbons (Fsp3) is 0.818. The number of piperidine rings is 1. The predicted octanol–water partition coefficient (Wildman–Crippen LogP) is 0.503. The van der Waals surface area contributed by atoms with Gasteiger partial charge < -0.3 is 4.74 Å². The van der Waals surface area contributed by atoms with E-state index >= 15 is 0 Å². The fourth-order valence-corrected chi connectivity index (χ4v) is 3.27. The van der Waals surface area contributed by atoms with Crippen LogP contribution in [0.1, 0.15) is 26.7 Å². The van der Waals surface area contributed by atoms with Gasteiger partial charge in [-0.15, -0.1) is 0 Å². The van der Waals surface area contributed by atoms with Crippen LogP contribution in [0.5, 0.6) is 0 Å². The second-order valence-electron chi connectivity index (χ2n) is 4.27. The largest absolute Gasteiger partial charge is 0.466 e. The number of ether oxygens (including phenoxy) is 1. The van der Waals surface area contributed by atoms with Crippen molar-refractivity contribution < 1.29 is 17.9 Å². The minimum Gasteiger partial charge on any atom is -0.466 e. The molecule has 6 nitrogen and oxygen atoms in total. The Balaban J connectivity index is 2.76. The lowest BCUT2D eigenvalue weighted by molar-refractivity contribution is -0.149. The lowest BCUT2D eigenvalue weighted by atomic mass is 10.0. The lowest BCUT2D eigenvalue weighted by Gasteiger charge is -2.31. The summed E-state index contributed by atoms with van der Waals surface area (Å²) >= 11 is 0. The average molecular weight is 274 g/mol. The Morgan fingerprint density at radius 1 is 1.61 bits per heavy atom. The van der Waals surface area contributed by atoms with E-state index in [1.807, 2.05) is 0 Å². The summed E-state index contributed by atoms with van der Waals surface area (Å²) < 4.78 is 30.1. The minimum absolute atomic E-state index is 0.118. The summed E-state index contributed by atoms with van der Waals surface area (Å²) in [4.78, 5) is 11.6. The average Bonchev–Trinajstić information content (AvgIpc) is 2.38. The molecule has 0 aromatic rings. The molecule has 0 aromatic heterocycles. The van der Waals surface area contributed by atoms with E-state index in [0.717, 1.165) is 0 Å². The van der Waals surface area contributed by atoms with Crippen LogP contribution in [-0.2, 0) is 19.6 Å². The second kappa shape index (κ2) is 6.16. The van der Waals surface area contributed by atoms with Crippen molar-refractivity contribution in [2.24, 2.45) is 5.92 Å². The topological polar surface area (TPSA) is 87.5 Å². The molecule has 1 heterocycles. The second-order valence-corrected chi connectivity index (χ2v) is 6.52. The van der Waals surface area contributed by atoms with Crippen molar-refractivity contribution in [3.63, 3.8) is 0 Å². The highest BCUT2D eigenvalue weighted by Gasteiger charge is 2.35. The molecule has 1 unspecified atom stereocenters. The monoisotopic (exact) mass is 274 g/mol. The molecule has 7 heteroatoms. The van der Waals surface area contributed by atoms with Crippen LogP contribution in [0, 0.1) is 17.2 Å². The third-order valence-electron chi connectivity index (χ3n) is 2.99. The van der Waals surface area contributed by atoms with Crippen molar-refractivity contribution in [2.75, 3.05) is 19.7 Å². The Kier molecular flexibility index (Phi) is 5.11. The maximum Gasteiger partial charge on any atom is 0.310 e. The first-order chi connectivity index (χ1) is 8.43. The van der Waals surface area contributed by atoms with Gasteiger partial charge in [-0.05, 0) is 26.7 Å². The molecule has 0 amide bonds. The SMILES string of the molecule is CCOC(=O)[C@@H]1CCCN(S(=O)(=O)C(C)C#N)C1. The maximum atomic E-state index is 12.0. The van der Waals surface area contributed by atoms with Crippen LogP contribution >= 0.6 is 0 Å². The number of rotatable bonds is 4. The number of nitriles is 1. The van der Waals surface area contributed by atoms with E-state index in [9.17, 15) is 13.2 Å². The van der Waals surface area contributed by atoms with Crippen molar-refractivity contribution in [2.45, 2.75) is 31.9 Å². The van der Waals surface area contributed by atoms with Gasteiger partial charge in [0.2, 0.25) is 10.0 Å². The maximum absolute atomic E-state index is 12.0.